The molecular weight excluding hydrogens is 149 g/mol. The third-order valence-corrected chi connectivity index (χ3v) is 2.14. The molecule has 0 spiro atoms. The molecule has 3 unspecified atom stereocenters. The first-order chi connectivity index (χ1) is 5.20. The Morgan fingerprint density at radius 1 is 1.73 bits per heavy atom. The molecule has 1 aliphatic heterocycles. The van der Waals surface area contributed by atoms with Crippen LogP contribution in [0.15, 0.2) is 0 Å². The molecule has 0 aromatic heterocycles. The summed E-state index contributed by atoms with van der Waals surface area (Å²) < 4.78 is 12.9. The molecule has 0 aromatic rings. The van der Waals surface area contributed by atoms with Crippen LogP contribution in [0, 0.1) is 5.92 Å². The summed E-state index contributed by atoms with van der Waals surface area (Å²) in [6.07, 6.45) is -0.859. The highest BCUT2D eigenvalue weighted by Gasteiger charge is 2.40. The van der Waals surface area contributed by atoms with Gasteiger partial charge in [-0.15, -0.1) is 0 Å². The van der Waals surface area contributed by atoms with Crippen LogP contribution in [0.25, 0.3) is 0 Å². The summed E-state index contributed by atoms with van der Waals surface area (Å²) in [6.45, 7) is 1.63. The number of amides is 1. The number of carbonyl (C=O) groups excluding carboxylic acids is 1. The van der Waals surface area contributed by atoms with Crippen molar-refractivity contribution in [1.82, 2.24) is 5.32 Å². The Bertz CT molecular complexity index is 163. The molecule has 11 heavy (non-hydrogen) atoms. The van der Waals surface area contributed by atoms with Crippen molar-refractivity contribution in [2.24, 2.45) is 5.92 Å². The minimum Gasteiger partial charge on any atom is -0.394 e. The van der Waals surface area contributed by atoms with Gasteiger partial charge in [0.1, 0.15) is 0 Å². The van der Waals surface area contributed by atoms with Crippen LogP contribution < -0.4 is 5.32 Å². The van der Waals surface area contributed by atoms with Gasteiger partial charge < -0.3 is 10.4 Å². The van der Waals surface area contributed by atoms with Crippen molar-refractivity contribution in [3.63, 3.8) is 0 Å². The topological polar surface area (TPSA) is 49.3 Å². The van der Waals surface area contributed by atoms with E-state index in [0.29, 0.717) is 6.42 Å². The highest BCUT2D eigenvalue weighted by atomic mass is 19.1. The van der Waals surface area contributed by atoms with E-state index in [1.807, 2.05) is 0 Å². The molecule has 1 rings (SSSR count). The van der Waals surface area contributed by atoms with Crippen LogP contribution in [-0.4, -0.2) is 29.8 Å². The molecule has 3 atom stereocenters. The minimum absolute atomic E-state index is 0.176. The van der Waals surface area contributed by atoms with Gasteiger partial charge in [0.05, 0.1) is 12.6 Å². The van der Waals surface area contributed by atoms with E-state index >= 15 is 0 Å². The highest BCUT2D eigenvalue weighted by molar-refractivity contribution is 5.83. The molecule has 3 nitrogen and oxygen atoms in total. The summed E-state index contributed by atoms with van der Waals surface area (Å²) in [5.74, 6) is -0.941. The Labute approximate surface area is 64.6 Å². The van der Waals surface area contributed by atoms with Crippen LogP contribution in [0.2, 0.25) is 0 Å². The van der Waals surface area contributed by atoms with Gasteiger partial charge in [-0.05, 0) is 6.42 Å². The third-order valence-electron chi connectivity index (χ3n) is 2.14. The Morgan fingerprint density at radius 2 is 2.36 bits per heavy atom. The number of hydrogen-bond donors (Lipinski definition) is 2. The van der Waals surface area contributed by atoms with E-state index in [1.165, 1.54) is 0 Å². The minimum atomic E-state index is -1.43. The van der Waals surface area contributed by atoms with Crippen LogP contribution in [0.4, 0.5) is 4.39 Å². The molecular formula is C7H12FNO2. The molecule has 1 fully saturated rings. The van der Waals surface area contributed by atoms with Gasteiger partial charge >= 0.3 is 0 Å². The monoisotopic (exact) mass is 161 g/mol. The lowest BCUT2D eigenvalue weighted by molar-refractivity contribution is -0.123. The molecule has 64 valence electrons. The fourth-order valence-electron chi connectivity index (χ4n) is 1.44. The fourth-order valence-corrected chi connectivity index (χ4v) is 1.44. The molecule has 1 aliphatic rings. The maximum Gasteiger partial charge on any atom is 0.255 e. The number of aliphatic hydroxyl groups is 1. The quantitative estimate of drug-likeness (QED) is 0.591. The van der Waals surface area contributed by atoms with Crippen LogP contribution in [0.3, 0.4) is 0 Å². The summed E-state index contributed by atoms with van der Waals surface area (Å²) in [5, 5.41) is 11.1. The average Bonchev–Trinajstić information content (AvgIpc) is 2.28. The number of carbonyl (C=O) groups is 1. The third kappa shape index (κ3) is 1.35. The largest absolute Gasteiger partial charge is 0.394 e. The van der Waals surface area contributed by atoms with Crippen molar-refractivity contribution in [2.45, 2.75) is 25.6 Å². The Hall–Kier alpha value is -0.640. The first-order valence-corrected chi connectivity index (χ1v) is 3.76. The van der Waals surface area contributed by atoms with E-state index in [9.17, 15) is 9.18 Å². The summed E-state index contributed by atoms with van der Waals surface area (Å²) in [4.78, 5) is 10.7. The second-order valence-electron chi connectivity index (χ2n) is 2.77. The number of aliphatic hydroxyl groups excluding tert-OH is 1. The number of rotatable bonds is 2. The van der Waals surface area contributed by atoms with E-state index in [0.717, 1.165) is 0 Å². The number of nitrogens with one attached hydrogen (secondary N) is 1. The average molecular weight is 161 g/mol. The van der Waals surface area contributed by atoms with Gasteiger partial charge in [0.15, 0.2) is 6.17 Å². The van der Waals surface area contributed by atoms with Crippen molar-refractivity contribution in [2.75, 3.05) is 6.61 Å². The molecule has 1 saturated heterocycles. The molecule has 4 heteroatoms. The molecule has 0 radical (unpaired) electrons. The lowest BCUT2D eigenvalue weighted by Crippen LogP contribution is -2.32. The van der Waals surface area contributed by atoms with Crippen molar-refractivity contribution in [3.8, 4) is 0 Å². The van der Waals surface area contributed by atoms with Gasteiger partial charge in [0, 0.05) is 5.92 Å². The van der Waals surface area contributed by atoms with Crippen LogP contribution in [0.1, 0.15) is 13.3 Å². The van der Waals surface area contributed by atoms with E-state index < -0.39 is 12.1 Å². The van der Waals surface area contributed by atoms with Crippen LogP contribution in [0.5, 0.6) is 0 Å². The van der Waals surface area contributed by atoms with Crippen molar-refractivity contribution in [3.05, 3.63) is 0 Å². The maximum atomic E-state index is 12.9. The highest BCUT2D eigenvalue weighted by Crippen LogP contribution is 2.22. The van der Waals surface area contributed by atoms with E-state index in [-0.39, 0.29) is 18.6 Å². The number of alkyl halides is 1. The summed E-state index contributed by atoms with van der Waals surface area (Å²) in [7, 11) is 0. The Kier molecular flexibility index (Phi) is 2.44. The summed E-state index contributed by atoms with van der Waals surface area (Å²) in [5.41, 5.74) is 0. The second kappa shape index (κ2) is 3.17. The van der Waals surface area contributed by atoms with Gasteiger partial charge in [0.25, 0.3) is 5.91 Å². The zero-order valence-electron chi connectivity index (χ0n) is 6.38. The van der Waals surface area contributed by atoms with E-state index in [4.69, 9.17) is 5.11 Å². The lowest BCUT2D eigenvalue weighted by Gasteiger charge is -2.14. The van der Waals surface area contributed by atoms with Gasteiger partial charge in [-0.2, -0.15) is 0 Å². The molecule has 0 aliphatic carbocycles. The molecule has 0 bridgehead atoms. The van der Waals surface area contributed by atoms with Crippen molar-refractivity contribution in [1.29, 1.82) is 0 Å². The summed E-state index contributed by atoms with van der Waals surface area (Å²) >= 11 is 0. The number of hydrogen-bond acceptors (Lipinski definition) is 2. The number of halogens is 1. The molecule has 2 N–H and O–H groups in total. The van der Waals surface area contributed by atoms with Crippen LogP contribution in [-0.2, 0) is 4.79 Å². The fraction of sp³-hybridized carbons (Fsp3) is 0.857. The van der Waals surface area contributed by atoms with E-state index in [1.54, 1.807) is 6.92 Å². The first-order valence-electron chi connectivity index (χ1n) is 3.76. The molecule has 1 heterocycles. The standard InChI is InChI=1S/C7H12FNO2/c1-2-4-5(3-10)9-7(11)6(4)8/h4-6,10H,2-3H2,1H3,(H,9,11). The SMILES string of the molecule is CCC1C(CO)NC(=O)C1F. The van der Waals surface area contributed by atoms with Gasteiger partial charge in [0.2, 0.25) is 0 Å². The second-order valence-corrected chi connectivity index (χ2v) is 2.77. The predicted octanol–water partition coefficient (Wildman–Crippen LogP) is -0.159. The van der Waals surface area contributed by atoms with Gasteiger partial charge in [-0.1, -0.05) is 6.92 Å². The van der Waals surface area contributed by atoms with Gasteiger partial charge in [-0.25, -0.2) is 4.39 Å². The zero-order valence-corrected chi connectivity index (χ0v) is 6.38. The van der Waals surface area contributed by atoms with Crippen molar-refractivity contribution < 1.29 is 14.3 Å². The molecule has 0 aromatic carbocycles. The van der Waals surface area contributed by atoms with Crippen LogP contribution >= 0.6 is 0 Å². The summed E-state index contributed by atoms with van der Waals surface area (Å²) in [6, 6.07) is -0.387. The smallest absolute Gasteiger partial charge is 0.255 e. The Morgan fingerprint density at radius 3 is 2.73 bits per heavy atom. The molecule has 0 saturated carbocycles. The molecule has 1 amide bonds. The van der Waals surface area contributed by atoms with Gasteiger partial charge in [-0.3, -0.25) is 4.79 Å². The maximum absolute atomic E-state index is 12.9. The van der Waals surface area contributed by atoms with Crippen molar-refractivity contribution >= 4 is 5.91 Å². The first kappa shape index (κ1) is 8.46. The van der Waals surface area contributed by atoms with E-state index in [2.05, 4.69) is 5.32 Å². The predicted molar refractivity (Wildman–Crippen MR) is 37.7 cm³/mol. The lowest BCUT2D eigenvalue weighted by atomic mass is 9.97. The normalized spacial score (nSPS) is 37.4. The Balaban J connectivity index is 2.64. The zero-order chi connectivity index (χ0) is 8.43.